The van der Waals surface area contributed by atoms with Gasteiger partial charge in [-0.15, -0.1) is 6.42 Å². The van der Waals surface area contributed by atoms with Crippen LogP contribution in [0, 0.1) is 18.2 Å². The molecule has 0 unspecified atom stereocenters. The Labute approximate surface area is 99.0 Å². The summed E-state index contributed by atoms with van der Waals surface area (Å²) in [6.07, 6.45) is 4.97. The lowest BCUT2D eigenvalue weighted by Crippen LogP contribution is -2.29. The minimum atomic E-state index is -0.544. The zero-order valence-electron chi connectivity index (χ0n) is 9.20. The van der Waals surface area contributed by atoms with Gasteiger partial charge in [0.2, 0.25) is 0 Å². The van der Waals surface area contributed by atoms with Gasteiger partial charge in [-0.05, 0) is 6.07 Å². The number of benzene rings is 1. The lowest BCUT2D eigenvalue weighted by Gasteiger charge is -2.10. The summed E-state index contributed by atoms with van der Waals surface area (Å²) in [5.74, 6) is 1.30. The molecule has 5 heteroatoms. The fourth-order valence-electron chi connectivity index (χ4n) is 1.21. The van der Waals surface area contributed by atoms with Crippen molar-refractivity contribution in [1.82, 2.24) is 5.32 Å². The van der Waals surface area contributed by atoms with E-state index >= 15 is 0 Å². The molecule has 90 valence electrons. The van der Waals surface area contributed by atoms with E-state index in [2.05, 4.69) is 11.2 Å². The number of carbonyl (C=O) groups excluding carboxylic acids is 1. The number of para-hydroxylation sites is 1. The van der Waals surface area contributed by atoms with Crippen LogP contribution in [0.3, 0.4) is 0 Å². The normalized spacial score (nSPS) is 9.47. The zero-order chi connectivity index (χ0) is 12.7. The summed E-state index contributed by atoms with van der Waals surface area (Å²) in [7, 11) is 0. The molecule has 0 bridgehead atoms. The van der Waals surface area contributed by atoms with E-state index in [4.69, 9.17) is 16.9 Å². The van der Waals surface area contributed by atoms with Crippen LogP contribution in [0.15, 0.2) is 18.2 Å². The molecule has 1 aromatic rings. The molecule has 4 nitrogen and oxygen atoms in total. The van der Waals surface area contributed by atoms with Crippen LogP contribution in [0.2, 0.25) is 0 Å². The second-order valence-electron chi connectivity index (χ2n) is 3.20. The average molecular weight is 236 g/mol. The van der Waals surface area contributed by atoms with E-state index in [1.807, 2.05) is 0 Å². The van der Waals surface area contributed by atoms with Crippen LogP contribution in [0.5, 0.6) is 5.75 Å². The van der Waals surface area contributed by atoms with Crippen molar-refractivity contribution in [2.24, 2.45) is 5.73 Å². The number of hydrogen-bond donors (Lipinski definition) is 2. The van der Waals surface area contributed by atoms with Crippen molar-refractivity contribution in [3.63, 3.8) is 0 Å². The van der Waals surface area contributed by atoms with Crippen molar-refractivity contribution >= 4 is 5.91 Å². The molecule has 3 N–H and O–H groups in total. The van der Waals surface area contributed by atoms with Crippen molar-refractivity contribution in [3.05, 3.63) is 29.6 Å². The smallest absolute Gasteiger partial charge is 0.258 e. The monoisotopic (exact) mass is 236 g/mol. The number of carbonyl (C=O) groups is 1. The average Bonchev–Trinajstić information content (AvgIpc) is 2.34. The van der Waals surface area contributed by atoms with Gasteiger partial charge >= 0.3 is 0 Å². The van der Waals surface area contributed by atoms with Crippen LogP contribution >= 0.6 is 0 Å². The molecule has 1 rings (SSSR count). The Balaban J connectivity index is 2.63. The highest BCUT2D eigenvalue weighted by Gasteiger charge is 2.10. The third-order valence-corrected chi connectivity index (χ3v) is 2.00. The van der Waals surface area contributed by atoms with Crippen LogP contribution in [0.4, 0.5) is 4.39 Å². The van der Waals surface area contributed by atoms with E-state index in [-0.39, 0.29) is 25.4 Å². The van der Waals surface area contributed by atoms with E-state index < -0.39 is 11.7 Å². The maximum Gasteiger partial charge on any atom is 0.258 e. The first-order valence-electron chi connectivity index (χ1n) is 4.99. The number of halogens is 1. The summed E-state index contributed by atoms with van der Waals surface area (Å²) in [5, 5.41) is 2.41. The van der Waals surface area contributed by atoms with E-state index in [1.165, 1.54) is 12.1 Å². The van der Waals surface area contributed by atoms with Crippen molar-refractivity contribution in [2.75, 3.05) is 13.2 Å². The highest BCUT2D eigenvalue weighted by molar-refractivity contribution is 5.77. The Morgan fingerprint density at radius 1 is 1.59 bits per heavy atom. The summed E-state index contributed by atoms with van der Waals surface area (Å²) in [6, 6.07) is 4.41. The van der Waals surface area contributed by atoms with Crippen molar-refractivity contribution in [1.29, 1.82) is 0 Å². The number of hydrogen-bond acceptors (Lipinski definition) is 3. The largest absolute Gasteiger partial charge is 0.480 e. The Hall–Kier alpha value is -2.06. The Bertz CT molecular complexity index is 441. The first kappa shape index (κ1) is 13.0. The second-order valence-corrected chi connectivity index (χ2v) is 3.20. The van der Waals surface area contributed by atoms with Gasteiger partial charge in [-0.3, -0.25) is 4.79 Å². The molecular weight excluding hydrogens is 223 g/mol. The summed E-state index contributed by atoms with van der Waals surface area (Å²) in [4.78, 5) is 11.2. The van der Waals surface area contributed by atoms with E-state index in [0.717, 1.165) is 0 Å². The molecule has 1 aromatic carbocycles. The van der Waals surface area contributed by atoms with Crippen LogP contribution in [0.25, 0.3) is 0 Å². The Kier molecular flexibility index (Phi) is 4.98. The summed E-state index contributed by atoms with van der Waals surface area (Å²) >= 11 is 0. The van der Waals surface area contributed by atoms with Crippen LogP contribution in [-0.4, -0.2) is 19.1 Å². The number of terminal acetylenes is 1. The van der Waals surface area contributed by atoms with E-state index in [1.54, 1.807) is 6.07 Å². The van der Waals surface area contributed by atoms with Crippen LogP contribution < -0.4 is 15.8 Å². The summed E-state index contributed by atoms with van der Waals surface area (Å²) in [6.45, 7) is -0.0438. The lowest BCUT2D eigenvalue weighted by atomic mass is 10.2. The first-order chi connectivity index (χ1) is 8.19. The maximum atomic E-state index is 13.4. The number of ether oxygens (including phenoxy) is 1. The topological polar surface area (TPSA) is 64.3 Å². The van der Waals surface area contributed by atoms with E-state index in [0.29, 0.717) is 5.56 Å². The Morgan fingerprint density at radius 3 is 3.00 bits per heavy atom. The molecule has 0 aliphatic rings. The molecule has 0 aliphatic heterocycles. The first-order valence-corrected chi connectivity index (χ1v) is 4.99. The highest BCUT2D eigenvalue weighted by Crippen LogP contribution is 2.21. The van der Waals surface area contributed by atoms with Crippen LogP contribution in [-0.2, 0) is 11.3 Å². The van der Waals surface area contributed by atoms with Gasteiger partial charge in [0, 0.05) is 12.1 Å². The predicted molar refractivity (Wildman–Crippen MR) is 61.6 cm³/mol. The Morgan fingerprint density at radius 2 is 2.35 bits per heavy atom. The van der Waals surface area contributed by atoms with Gasteiger partial charge in [0.25, 0.3) is 5.91 Å². The predicted octanol–water partition coefficient (Wildman–Crippen LogP) is 0.413. The third-order valence-electron chi connectivity index (χ3n) is 2.00. The number of rotatable bonds is 5. The van der Waals surface area contributed by atoms with Crippen molar-refractivity contribution < 1.29 is 13.9 Å². The molecule has 0 fully saturated rings. The molecule has 0 aliphatic carbocycles. The molecule has 0 saturated heterocycles. The van der Waals surface area contributed by atoms with Gasteiger partial charge in [0.1, 0.15) is 0 Å². The SMILES string of the molecule is C#CCNC(=O)COc1c(F)cccc1CN. The standard InChI is InChI=1S/C12H13FN2O2/c1-2-6-15-11(16)8-17-12-9(7-14)4-3-5-10(12)13/h1,3-5H,6-8,14H2,(H,15,16). The minimum absolute atomic E-state index is 0.00542. The lowest BCUT2D eigenvalue weighted by molar-refractivity contribution is -0.122. The molecule has 0 spiro atoms. The van der Waals surface area contributed by atoms with Gasteiger partial charge in [0.15, 0.2) is 18.2 Å². The summed E-state index contributed by atoms with van der Waals surface area (Å²) in [5.41, 5.74) is 5.94. The highest BCUT2D eigenvalue weighted by atomic mass is 19.1. The van der Waals surface area contributed by atoms with Gasteiger partial charge in [0.05, 0.1) is 6.54 Å². The molecule has 0 heterocycles. The molecule has 17 heavy (non-hydrogen) atoms. The zero-order valence-corrected chi connectivity index (χ0v) is 9.20. The fourth-order valence-corrected chi connectivity index (χ4v) is 1.21. The summed E-state index contributed by atoms with van der Waals surface area (Å²) < 4.78 is 18.5. The van der Waals surface area contributed by atoms with Gasteiger partial charge in [-0.2, -0.15) is 0 Å². The van der Waals surface area contributed by atoms with Crippen LogP contribution in [0.1, 0.15) is 5.56 Å². The fraction of sp³-hybridized carbons (Fsp3) is 0.250. The molecule has 0 atom stereocenters. The number of nitrogens with one attached hydrogen (secondary N) is 1. The van der Waals surface area contributed by atoms with Gasteiger partial charge in [-0.1, -0.05) is 18.1 Å². The third kappa shape index (κ3) is 3.78. The molecule has 1 amide bonds. The van der Waals surface area contributed by atoms with Crippen molar-refractivity contribution in [3.8, 4) is 18.1 Å². The second kappa shape index (κ2) is 6.51. The minimum Gasteiger partial charge on any atom is -0.480 e. The molecular formula is C12H13FN2O2. The molecule has 0 radical (unpaired) electrons. The van der Waals surface area contributed by atoms with Gasteiger partial charge in [-0.25, -0.2) is 4.39 Å². The molecule has 0 saturated carbocycles. The quantitative estimate of drug-likeness (QED) is 0.728. The van der Waals surface area contributed by atoms with Crippen molar-refractivity contribution in [2.45, 2.75) is 6.54 Å². The van der Waals surface area contributed by atoms with E-state index in [9.17, 15) is 9.18 Å². The number of nitrogens with two attached hydrogens (primary N) is 1. The van der Waals surface area contributed by atoms with Gasteiger partial charge < -0.3 is 15.8 Å². The molecule has 0 aromatic heterocycles. The maximum absolute atomic E-state index is 13.4. The number of amides is 1.